The van der Waals surface area contributed by atoms with Crippen molar-refractivity contribution in [1.29, 1.82) is 0 Å². The molecule has 0 radical (unpaired) electrons. The van der Waals surface area contributed by atoms with E-state index in [0.29, 0.717) is 72.8 Å². The van der Waals surface area contributed by atoms with Crippen LogP contribution in [0.1, 0.15) is 13.8 Å². The molecule has 5 aromatic heterocycles. The van der Waals surface area contributed by atoms with E-state index in [4.69, 9.17) is 8.22 Å². The Labute approximate surface area is 502 Å². The predicted octanol–water partition coefficient (Wildman–Crippen LogP) is 9.40. The summed E-state index contributed by atoms with van der Waals surface area (Å²) in [7, 11) is 0. The number of nitrogens with one attached hydrogen (secondary N) is 4. The van der Waals surface area contributed by atoms with Gasteiger partial charge in [-0.05, 0) is 100 Å². The van der Waals surface area contributed by atoms with Crippen molar-refractivity contribution in [1.82, 2.24) is 4.98 Å². The van der Waals surface area contributed by atoms with Gasteiger partial charge in [0.1, 0.15) is 5.75 Å². The molecule has 0 bridgehead atoms. The van der Waals surface area contributed by atoms with E-state index in [1.807, 2.05) is 73.7 Å². The van der Waals surface area contributed by atoms with Gasteiger partial charge < -0.3 is 25.5 Å². The molecule has 0 saturated heterocycles. The van der Waals surface area contributed by atoms with Crippen LogP contribution in [0.3, 0.4) is 0 Å². The van der Waals surface area contributed by atoms with Gasteiger partial charge in [-0.1, -0.05) is 144 Å². The van der Waals surface area contributed by atoms with Crippen molar-refractivity contribution in [2.24, 2.45) is 0 Å². The van der Waals surface area contributed by atoms with E-state index in [9.17, 15) is 25.5 Å². The van der Waals surface area contributed by atoms with Gasteiger partial charge in [0.2, 0.25) is 22.1 Å². The van der Waals surface area contributed by atoms with Crippen molar-refractivity contribution in [3.05, 3.63) is 243 Å². The van der Waals surface area contributed by atoms with Crippen molar-refractivity contribution in [2.45, 2.75) is 6.92 Å². The molecule has 0 atom stereocenters. The van der Waals surface area contributed by atoms with Gasteiger partial charge in [-0.3, -0.25) is 4.98 Å². The van der Waals surface area contributed by atoms with E-state index in [1.165, 1.54) is 12.1 Å². The first-order valence-electron chi connectivity index (χ1n) is 27.2. The molecule has 15 rings (SSSR count). The number of benzene rings is 10. The number of nitrogens with zero attached hydrogens (tertiary/aromatic N) is 1. The number of pyridine rings is 5. The molecule has 0 amide bonds. The second-order valence-corrected chi connectivity index (χ2v) is 17.6. The van der Waals surface area contributed by atoms with Crippen molar-refractivity contribution < 1.29 is 73.2 Å². The minimum Gasteiger partial charge on any atom is -0.872 e. The maximum absolute atomic E-state index is 12.0. The molecule has 15 heteroatoms. The Kier molecular flexibility index (Phi) is 17.6. The second-order valence-electron chi connectivity index (χ2n) is 17.6. The summed E-state index contributed by atoms with van der Waals surface area (Å²) in [6.07, 6.45) is 8.75. The van der Waals surface area contributed by atoms with Gasteiger partial charge in [0.05, 0.1) is 13.7 Å². The number of H-pyrrole nitrogens is 4. The standard InChI is InChI=1S/C14H11NO.4C13H9NO.4Be.Zn/c1-9-8-10-4-3-7-15-14(10)13-11(9)5-2-6-12(13)16;4*15-11-5-1-3-9-6-7-10-4-2-8-14-13(10)12(9)11;;;;;/h2-8,16H,1H3;4*1-8,15H;;;;;/q;;;;;4*+2;/i8D;6D,7D;7D;2*6D;;;;;. The minimum absolute atomic E-state index is 0. The first-order valence-corrected chi connectivity index (χ1v) is 24.2. The molecule has 10 aromatic carbocycles. The zero-order valence-corrected chi connectivity index (χ0v) is 47.1. The van der Waals surface area contributed by atoms with Crippen molar-refractivity contribution in [3.63, 3.8) is 0 Å². The fourth-order valence-corrected chi connectivity index (χ4v) is 9.41. The third kappa shape index (κ3) is 12.5. The predicted molar refractivity (Wildman–Crippen MR) is 318 cm³/mol. The summed E-state index contributed by atoms with van der Waals surface area (Å²) in [5, 5.41) is 68.1. The monoisotopic (exact) mass is 1100 g/mol. The molecule has 15 aromatic rings. The molecule has 368 valence electrons. The molecule has 5 N–H and O–H groups in total. The summed E-state index contributed by atoms with van der Waals surface area (Å²) in [4.78, 5) is 16.5. The molecule has 0 saturated carbocycles. The Morgan fingerprint density at radius 2 is 0.741 bits per heavy atom. The number of hydrogen-bond donors (Lipinski definition) is 1. The number of phenolic OH excluding ortho intramolecular Hbond substituents is 1. The normalized spacial score (nSPS) is 11.3. The summed E-state index contributed by atoms with van der Waals surface area (Å²) in [6.45, 7) is 1.89. The van der Waals surface area contributed by atoms with Crippen LogP contribution in [-0.2, 0) is 19.5 Å². The Morgan fingerprint density at radius 3 is 1.33 bits per heavy atom. The molecule has 0 aliphatic rings. The molecule has 0 spiro atoms. The molecule has 10 nitrogen and oxygen atoms in total. The number of aromatic nitrogens is 5. The number of aromatic amines is 4. The Balaban J connectivity index is 0.000000171. The smallest absolute Gasteiger partial charge is 0.872 e. The first kappa shape index (κ1) is 52.5. The van der Waals surface area contributed by atoms with Gasteiger partial charge in [0.25, 0.3) is 0 Å². The summed E-state index contributed by atoms with van der Waals surface area (Å²) in [5.41, 5.74) is 4.53. The SMILES string of the molecule is [2H]c1c(C)c2cccc([O-])c2c2[nH+]cccc12.[2H]c1c([2H])c2cccc([O-])c2c2[nH+]cccc12.[2H]c1cc2ccc[nH+]c2c2c([O-])cccc12.[2H]c1cc2cccc([O-])c2c2[nH+]cccc12.[2H]c1cc2cccnc2c2c(O)cccc12.[Be+2].[Be+2].[Be+2].[Be+2].[Zn]. The van der Waals surface area contributed by atoms with Gasteiger partial charge in [0, 0.05) is 104 Å². The summed E-state index contributed by atoms with van der Waals surface area (Å²) in [5.74, 6) is 0.000741. The number of hydrogen-bond acceptors (Lipinski definition) is 6. The molecule has 0 aliphatic carbocycles. The van der Waals surface area contributed by atoms with E-state index >= 15 is 0 Å². The number of fused-ring (bicyclic) bond motifs is 15. The van der Waals surface area contributed by atoms with Gasteiger partial charge in [0.15, 0.2) is 24.8 Å². The quantitative estimate of drug-likeness (QED) is 0.117. The zero-order valence-electron chi connectivity index (χ0n) is 50.1. The van der Waals surface area contributed by atoms with Crippen LogP contribution in [0.2, 0.25) is 0 Å². The summed E-state index contributed by atoms with van der Waals surface area (Å²) >= 11 is 0. The van der Waals surface area contributed by atoms with Gasteiger partial charge in [-0.25, -0.2) is 19.9 Å². The molecule has 0 unspecified atom stereocenters. The second kappa shape index (κ2) is 27.1. The van der Waals surface area contributed by atoms with Gasteiger partial charge in [-0.15, -0.1) is 0 Å². The van der Waals surface area contributed by atoms with E-state index in [0.717, 1.165) is 65.3 Å². The maximum atomic E-state index is 12.0. The topological polar surface area (TPSA) is 182 Å². The fourth-order valence-electron chi connectivity index (χ4n) is 9.41. The number of aryl methyl sites for hydroxylation is 1. The van der Waals surface area contributed by atoms with E-state index in [2.05, 4.69) is 24.9 Å². The van der Waals surface area contributed by atoms with Crippen LogP contribution in [0.15, 0.2) is 237 Å². The first-order chi connectivity index (χ1) is 39.7. The molecule has 5 heterocycles. The van der Waals surface area contributed by atoms with Crippen LogP contribution in [0.4, 0.5) is 0 Å². The van der Waals surface area contributed by atoms with Crippen molar-refractivity contribution in [3.8, 4) is 28.7 Å². The number of phenols is 1. The molecule has 0 fully saturated rings. The molecular formula is C66H47Be4N5O5Zn+8. The van der Waals surface area contributed by atoms with E-state index < -0.39 is 0 Å². The van der Waals surface area contributed by atoms with Crippen LogP contribution in [-0.4, -0.2) is 50.6 Å². The molecule has 81 heavy (non-hydrogen) atoms. The molecular weight excluding hydrogens is 1040 g/mol. The minimum atomic E-state index is -0.122. The maximum Gasteiger partial charge on any atom is 2.00 e. The van der Waals surface area contributed by atoms with E-state index in [1.54, 1.807) is 122 Å². The largest absolute Gasteiger partial charge is 2.00 e. The van der Waals surface area contributed by atoms with Gasteiger partial charge in [-0.2, -0.15) is 0 Å². The van der Waals surface area contributed by atoms with Crippen LogP contribution in [0.25, 0.3) is 108 Å². The van der Waals surface area contributed by atoms with Gasteiger partial charge >= 0.3 is 40.5 Å². The number of aromatic hydroxyl groups is 1. The Hall–Kier alpha value is -9.15. The van der Waals surface area contributed by atoms with Crippen LogP contribution < -0.4 is 40.4 Å². The van der Waals surface area contributed by atoms with Crippen molar-refractivity contribution in [2.75, 3.05) is 0 Å². The van der Waals surface area contributed by atoms with Crippen molar-refractivity contribution >= 4 is 149 Å². The summed E-state index contributed by atoms with van der Waals surface area (Å²) in [6, 6.07) is 51.0. The molecule has 0 aliphatic heterocycles. The fraction of sp³-hybridized carbons (Fsp3) is 0.0152. The third-order valence-corrected chi connectivity index (χ3v) is 12.9. The average Bonchev–Trinajstić information content (AvgIpc) is 1.22. The third-order valence-electron chi connectivity index (χ3n) is 12.9. The summed E-state index contributed by atoms with van der Waals surface area (Å²) < 4.78 is 47.7. The van der Waals surface area contributed by atoms with Crippen LogP contribution in [0.5, 0.6) is 28.7 Å². The Bertz CT molecular complexity index is 4790. The Morgan fingerprint density at radius 1 is 0.370 bits per heavy atom. The average molecular weight is 1100 g/mol. The van der Waals surface area contributed by atoms with E-state index in [-0.39, 0.29) is 101 Å². The zero-order chi connectivity index (χ0) is 57.3. The van der Waals surface area contributed by atoms with Crippen LogP contribution >= 0.6 is 0 Å². The van der Waals surface area contributed by atoms with Crippen LogP contribution in [0, 0.1) is 6.92 Å². The number of rotatable bonds is 0.